The molecule has 1 saturated carbocycles. The highest BCUT2D eigenvalue weighted by Crippen LogP contribution is 2.65. The molecule has 4 aliphatic rings. The number of hydrogen-bond acceptors (Lipinski definition) is 4. The molecular weight excluding hydrogens is 414 g/mol. The number of aryl methyl sites for hydroxylation is 1. The molecule has 0 radical (unpaired) electrons. The van der Waals surface area contributed by atoms with Gasteiger partial charge in [0.05, 0.1) is 38.2 Å². The summed E-state index contributed by atoms with van der Waals surface area (Å²) >= 11 is 0. The number of likely N-dealkylation sites (N-methyl/N-ethyl adjacent to an activating group) is 1. The molecule has 2 bridgehead atoms. The molecule has 5 atom stereocenters. The Balaban J connectivity index is 1.37. The van der Waals surface area contributed by atoms with Gasteiger partial charge in [-0.15, -0.1) is 0 Å². The molecule has 2 aliphatic heterocycles. The van der Waals surface area contributed by atoms with Crippen molar-refractivity contribution in [1.82, 2.24) is 0 Å². The van der Waals surface area contributed by atoms with Gasteiger partial charge in [0.25, 0.3) is 0 Å². The minimum Gasteiger partial charge on any atom is -0.504 e. The minimum atomic E-state index is -0.447. The summed E-state index contributed by atoms with van der Waals surface area (Å²) in [6.45, 7) is 5.02. The molecule has 0 aromatic heterocycles. The average Bonchev–Trinajstić information content (AvgIpc) is 3.19. The van der Waals surface area contributed by atoms with E-state index in [-0.39, 0.29) is 16.9 Å². The third kappa shape index (κ3) is 2.91. The van der Waals surface area contributed by atoms with Gasteiger partial charge in [0.15, 0.2) is 23.4 Å². The van der Waals surface area contributed by atoms with Gasteiger partial charge in [0.1, 0.15) is 5.75 Å². The topological polar surface area (TPSA) is 55.8 Å². The van der Waals surface area contributed by atoms with E-state index in [1.807, 2.05) is 6.07 Å². The lowest BCUT2D eigenvalue weighted by molar-refractivity contribution is -0.943. The van der Waals surface area contributed by atoms with Crippen LogP contribution in [0.15, 0.2) is 36.4 Å². The second-order valence-corrected chi connectivity index (χ2v) is 10.7. The average molecular weight is 449 g/mol. The van der Waals surface area contributed by atoms with Crippen molar-refractivity contribution in [3.63, 3.8) is 0 Å². The van der Waals surface area contributed by atoms with Crippen LogP contribution >= 0.6 is 0 Å². The number of carbonyl (C=O) groups excluding carboxylic acids is 1. The molecule has 2 aromatic carbocycles. The predicted molar refractivity (Wildman–Crippen MR) is 126 cm³/mol. The number of nitrogens with zero attached hydrogens (tertiary/aromatic N) is 1. The maximum Gasteiger partial charge on any atom is 0.174 e. The Hall–Kier alpha value is -2.53. The van der Waals surface area contributed by atoms with E-state index in [0.717, 1.165) is 61.0 Å². The third-order valence-electron chi connectivity index (χ3n) is 9.30. The Morgan fingerprint density at radius 3 is 2.88 bits per heavy atom. The van der Waals surface area contributed by atoms with Gasteiger partial charge >= 0.3 is 0 Å². The molecule has 2 aromatic rings. The van der Waals surface area contributed by atoms with Crippen molar-refractivity contribution in [2.24, 2.45) is 5.92 Å². The Labute approximate surface area is 195 Å². The van der Waals surface area contributed by atoms with Gasteiger partial charge in [-0.3, -0.25) is 4.79 Å². The largest absolute Gasteiger partial charge is 0.504 e. The molecule has 6 rings (SSSR count). The van der Waals surface area contributed by atoms with Gasteiger partial charge < -0.3 is 19.1 Å². The standard InChI is InChI=1S/C28H33NO4/c1-3-29(2)14-13-28-20-11-12-22(30)27(28)33-26-23(31)17-24(19(25(26)28)16-21(20)29)32-15-7-10-18-8-5-4-6-9-18/h4-6,8-9,17,20-21,27H,3,7,10-16H2,1-2H3/p+1/t20-,21+,27-,28-,29-/m0/s1. The van der Waals surface area contributed by atoms with Gasteiger partial charge in [-0.2, -0.15) is 0 Å². The minimum absolute atomic E-state index is 0.124. The quantitative estimate of drug-likeness (QED) is 0.532. The van der Waals surface area contributed by atoms with Crippen molar-refractivity contribution in [3.05, 3.63) is 53.1 Å². The third-order valence-corrected chi connectivity index (χ3v) is 9.30. The zero-order valence-electron chi connectivity index (χ0n) is 19.7. The zero-order valence-corrected chi connectivity index (χ0v) is 19.7. The summed E-state index contributed by atoms with van der Waals surface area (Å²) in [6, 6.07) is 12.7. The van der Waals surface area contributed by atoms with Crippen molar-refractivity contribution in [2.75, 3.05) is 26.7 Å². The Kier molecular flexibility index (Phi) is 4.77. The van der Waals surface area contributed by atoms with Gasteiger partial charge in [-0.25, -0.2) is 0 Å². The second-order valence-electron chi connectivity index (χ2n) is 10.7. The summed E-state index contributed by atoms with van der Waals surface area (Å²) in [7, 11) is 2.38. The van der Waals surface area contributed by atoms with E-state index in [4.69, 9.17) is 9.47 Å². The van der Waals surface area contributed by atoms with Crippen LogP contribution in [0.1, 0.15) is 49.3 Å². The van der Waals surface area contributed by atoms with E-state index < -0.39 is 6.10 Å². The monoisotopic (exact) mass is 448 g/mol. The first-order chi connectivity index (χ1) is 16.0. The fraction of sp³-hybridized carbons (Fsp3) is 0.536. The number of hydrogen-bond donors (Lipinski definition) is 1. The molecule has 1 N–H and O–H groups in total. The van der Waals surface area contributed by atoms with Crippen LogP contribution in [0.25, 0.3) is 0 Å². The number of benzene rings is 2. The van der Waals surface area contributed by atoms with E-state index in [1.54, 1.807) is 6.07 Å². The van der Waals surface area contributed by atoms with Gasteiger partial charge in [0, 0.05) is 42.4 Å². The van der Waals surface area contributed by atoms with E-state index in [0.29, 0.717) is 30.7 Å². The summed E-state index contributed by atoms with van der Waals surface area (Å²) in [5.41, 5.74) is 3.29. The number of carbonyl (C=O) groups is 1. The van der Waals surface area contributed by atoms with Crippen LogP contribution in [0, 0.1) is 5.92 Å². The highest BCUT2D eigenvalue weighted by Gasteiger charge is 2.69. The lowest BCUT2D eigenvalue weighted by Crippen LogP contribution is -2.71. The molecule has 1 spiro atoms. The highest BCUT2D eigenvalue weighted by molar-refractivity contribution is 5.89. The lowest BCUT2D eigenvalue weighted by atomic mass is 9.51. The molecule has 33 heavy (non-hydrogen) atoms. The predicted octanol–water partition coefficient (Wildman–Crippen LogP) is 4.18. The first-order valence-electron chi connectivity index (χ1n) is 12.6. The lowest BCUT2D eigenvalue weighted by Gasteiger charge is -2.60. The maximum atomic E-state index is 13.0. The Morgan fingerprint density at radius 1 is 1.27 bits per heavy atom. The number of rotatable bonds is 6. The number of Topliss-reactive ketones (excluding diaryl/α,β-unsaturated/α-hetero) is 1. The zero-order chi connectivity index (χ0) is 22.8. The Bertz CT molecular complexity index is 1100. The summed E-state index contributed by atoms with van der Waals surface area (Å²) < 4.78 is 13.7. The number of quaternary nitrogens is 1. The van der Waals surface area contributed by atoms with Crippen LogP contribution < -0.4 is 9.47 Å². The number of phenols is 1. The molecule has 2 fully saturated rings. The van der Waals surface area contributed by atoms with Gasteiger partial charge in [0.2, 0.25) is 0 Å². The normalized spacial score (nSPS) is 33.4. The van der Waals surface area contributed by atoms with E-state index in [1.165, 1.54) is 11.1 Å². The number of likely N-dealkylation sites (tertiary alicyclic amines) is 1. The number of ether oxygens (including phenoxy) is 2. The van der Waals surface area contributed by atoms with Crippen LogP contribution in [0.4, 0.5) is 0 Å². The SMILES string of the molecule is CC[N@@+]1(C)CC[C@]23c4c5c(OCCCc6ccccc6)cc(O)c4O[C@H]2C(=O)CC[C@H]3[C@H]1C5. The fourth-order valence-electron chi connectivity index (χ4n) is 7.47. The molecular formula is C28H34NO4+. The van der Waals surface area contributed by atoms with Gasteiger partial charge in [-0.1, -0.05) is 30.3 Å². The van der Waals surface area contributed by atoms with Crippen LogP contribution in [-0.4, -0.2) is 54.3 Å². The number of phenolic OH excluding ortho intramolecular Hbond substituents is 1. The second kappa shape index (κ2) is 7.49. The Morgan fingerprint density at radius 2 is 2.09 bits per heavy atom. The van der Waals surface area contributed by atoms with E-state index in [9.17, 15) is 9.90 Å². The number of piperidine rings is 1. The van der Waals surface area contributed by atoms with Crippen molar-refractivity contribution < 1.29 is 23.9 Å². The fourth-order valence-corrected chi connectivity index (χ4v) is 7.47. The van der Waals surface area contributed by atoms with Crippen LogP contribution in [0.3, 0.4) is 0 Å². The summed E-state index contributed by atoms with van der Waals surface area (Å²) in [4.78, 5) is 13.0. The van der Waals surface area contributed by atoms with E-state index >= 15 is 0 Å². The first kappa shape index (κ1) is 21.0. The van der Waals surface area contributed by atoms with Crippen LogP contribution in [0.5, 0.6) is 17.2 Å². The molecule has 2 heterocycles. The molecule has 5 nitrogen and oxygen atoms in total. The van der Waals surface area contributed by atoms with Gasteiger partial charge in [-0.05, 0) is 31.7 Å². The van der Waals surface area contributed by atoms with Crippen molar-refractivity contribution in [3.8, 4) is 17.2 Å². The molecule has 174 valence electrons. The van der Waals surface area contributed by atoms with Crippen molar-refractivity contribution in [2.45, 2.75) is 63.0 Å². The van der Waals surface area contributed by atoms with E-state index in [2.05, 4.69) is 38.2 Å². The van der Waals surface area contributed by atoms with Crippen molar-refractivity contribution >= 4 is 5.78 Å². The molecule has 0 amide bonds. The number of ketones is 1. The maximum absolute atomic E-state index is 13.0. The molecule has 1 saturated heterocycles. The molecule has 0 unspecified atom stereocenters. The first-order valence-corrected chi connectivity index (χ1v) is 12.6. The number of aromatic hydroxyl groups is 1. The summed E-state index contributed by atoms with van der Waals surface area (Å²) in [5, 5.41) is 10.9. The van der Waals surface area contributed by atoms with Crippen LogP contribution in [0.2, 0.25) is 0 Å². The summed E-state index contributed by atoms with van der Waals surface area (Å²) in [5.74, 6) is 2.08. The molecule has 5 heteroatoms. The molecule has 2 aliphatic carbocycles. The van der Waals surface area contributed by atoms with Crippen LogP contribution in [-0.2, 0) is 23.1 Å². The highest BCUT2D eigenvalue weighted by atomic mass is 16.5. The summed E-state index contributed by atoms with van der Waals surface area (Å²) in [6.07, 6.45) is 4.82. The smallest absolute Gasteiger partial charge is 0.174 e. The van der Waals surface area contributed by atoms with Crippen molar-refractivity contribution in [1.29, 1.82) is 0 Å².